The number of ether oxygens (including phenoxy) is 7. The molecule has 29 heteroatoms. The molecule has 6 heterocycles. The number of cyclic esters (lactones) is 1. The zero-order valence-electron chi connectivity index (χ0n) is 53.4. The molecule has 28 atom stereocenters. The number of hydrogen-bond donors (Lipinski definition) is 18. The molecule has 4 unspecified atom stereocenters. The minimum absolute atomic E-state index is 0.148. The predicted molar refractivity (Wildman–Crippen MR) is 329 cm³/mol. The maximum Gasteiger partial charge on any atom is 0.308 e. The summed E-state index contributed by atoms with van der Waals surface area (Å²) in [6, 6.07) is -1.46. The number of amides is 1. The second-order valence-electron chi connectivity index (χ2n) is 25.7. The third kappa shape index (κ3) is 22.3. The Labute approximate surface area is 542 Å². The minimum atomic E-state index is -2.67. The predicted octanol–water partition coefficient (Wildman–Crippen LogP) is -4.34. The molecule has 530 valence electrons. The number of rotatable bonds is 9. The van der Waals surface area contributed by atoms with Crippen LogP contribution in [0, 0.1) is 17.8 Å². The molecule has 6 aliphatic heterocycles. The topological polar surface area (TPSA) is 461 Å². The van der Waals surface area contributed by atoms with Gasteiger partial charge in [-0.1, -0.05) is 98.9 Å². The highest BCUT2D eigenvalue weighted by Gasteiger charge is 2.56. The van der Waals surface area contributed by atoms with Crippen LogP contribution in [0.4, 0.5) is 0 Å². The van der Waals surface area contributed by atoms with Gasteiger partial charge in [0.25, 0.3) is 0 Å². The molecular weight excluding hydrogens is 1230 g/mol. The van der Waals surface area contributed by atoms with Crippen molar-refractivity contribution < 1.29 is 130 Å². The number of hydrogen-bond acceptors (Lipinski definition) is 28. The Morgan fingerprint density at radius 3 is 1.84 bits per heavy atom. The monoisotopic (exact) mass is 1330 g/mol. The molecule has 0 aromatic rings. The summed E-state index contributed by atoms with van der Waals surface area (Å²) >= 11 is 0. The van der Waals surface area contributed by atoms with Crippen LogP contribution in [0.2, 0.25) is 0 Å². The molecule has 6 aliphatic rings. The average molecular weight is 1330 g/mol. The van der Waals surface area contributed by atoms with E-state index in [2.05, 4.69) is 5.32 Å². The smallest absolute Gasteiger partial charge is 0.308 e. The van der Waals surface area contributed by atoms with Crippen molar-refractivity contribution >= 4 is 11.9 Å². The molecule has 0 saturated carbocycles. The van der Waals surface area contributed by atoms with Gasteiger partial charge < -0.3 is 135 Å². The van der Waals surface area contributed by atoms with Crippen LogP contribution in [0.1, 0.15) is 79.1 Å². The van der Waals surface area contributed by atoms with E-state index in [0.29, 0.717) is 13.1 Å². The number of nitrogens with one attached hydrogen (secondary N) is 1. The van der Waals surface area contributed by atoms with Gasteiger partial charge in [-0.05, 0) is 40.2 Å². The van der Waals surface area contributed by atoms with Crippen molar-refractivity contribution in [2.24, 2.45) is 17.8 Å². The lowest BCUT2D eigenvalue weighted by atomic mass is 9.81. The number of esters is 1. The van der Waals surface area contributed by atoms with Crippen molar-refractivity contribution in [2.45, 2.75) is 231 Å². The highest BCUT2D eigenvalue weighted by molar-refractivity contribution is 5.80. The molecule has 2 bridgehead atoms. The Hall–Kier alpha value is -3.88. The van der Waals surface area contributed by atoms with Crippen LogP contribution in [0.25, 0.3) is 0 Å². The molecule has 0 aliphatic carbocycles. The van der Waals surface area contributed by atoms with E-state index in [-0.39, 0.29) is 44.7 Å². The number of piperazine rings is 1. The number of nitrogens with zero attached hydrogens (tertiary/aromatic N) is 2. The Morgan fingerprint density at radius 2 is 1.22 bits per heavy atom. The summed E-state index contributed by atoms with van der Waals surface area (Å²) in [5.74, 6) is -8.52. The summed E-state index contributed by atoms with van der Waals surface area (Å²) in [7, 11) is 1.89. The van der Waals surface area contributed by atoms with Crippen molar-refractivity contribution in [3.05, 3.63) is 85.1 Å². The van der Waals surface area contributed by atoms with Gasteiger partial charge in [-0.15, -0.1) is 0 Å². The lowest BCUT2D eigenvalue weighted by Crippen LogP contribution is -2.70. The third-order valence-corrected chi connectivity index (χ3v) is 18.2. The van der Waals surface area contributed by atoms with Gasteiger partial charge in [0.15, 0.2) is 18.4 Å². The highest BCUT2D eigenvalue weighted by atomic mass is 16.7. The summed E-state index contributed by atoms with van der Waals surface area (Å²) in [5, 5.41) is 191. The molecule has 29 nitrogen and oxygen atoms in total. The Balaban J connectivity index is 1.26. The van der Waals surface area contributed by atoms with E-state index in [1.807, 2.05) is 18.9 Å². The van der Waals surface area contributed by atoms with E-state index < -0.39 is 221 Å². The van der Waals surface area contributed by atoms with Gasteiger partial charge in [0.05, 0.1) is 105 Å². The number of carbonyl (C=O) groups excluding carboxylic acids is 2. The van der Waals surface area contributed by atoms with Crippen LogP contribution in [-0.2, 0) is 42.7 Å². The van der Waals surface area contributed by atoms with Gasteiger partial charge in [-0.3, -0.25) is 9.59 Å². The Bertz CT molecular complexity index is 2500. The first kappa shape index (κ1) is 78.1. The number of likely N-dealkylation sites (N-methyl/N-ethyl adjacent to an activating group) is 1. The summed E-state index contributed by atoms with van der Waals surface area (Å²) in [6.07, 6.45) is -13.2. The SMILES string of the molecule is C[C@@H]1[C@H](O)[C@@H](C)/C=C/C=C/C=C/C=C/C=C/C=C/C=C/[C@H](OC2O[C@H](C)[C@@H](O)[C@H](NC[C@@]3(O)OC[C@@H](O)[C@@H](OC4O[C@H](CO)[C@@H](O)[C@H](O)[C@H]4O)[C@@H]3O)[C@@H]2O)CC2O[C@](O)(C[C@@H](O)C[C@@H](O)[C@H](O)CC[C@@H](O)C[C@@H](O)CC(=O)O[C@H]1C)C[C@H](O)C2C(=O)N1CCN(C)CC1. The molecule has 93 heavy (non-hydrogen) atoms. The number of fused-ring (bicyclic) bond motifs is 2. The van der Waals surface area contributed by atoms with E-state index in [1.54, 1.807) is 97.7 Å². The van der Waals surface area contributed by atoms with Crippen LogP contribution >= 0.6 is 0 Å². The van der Waals surface area contributed by atoms with Crippen molar-refractivity contribution in [2.75, 3.05) is 53.0 Å². The second kappa shape index (κ2) is 36.6. The van der Waals surface area contributed by atoms with E-state index in [9.17, 15) is 96.4 Å². The molecule has 1 amide bonds. The zero-order chi connectivity index (χ0) is 68.5. The molecule has 0 aromatic heterocycles. The fourth-order valence-electron chi connectivity index (χ4n) is 12.2. The van der Waals surface area contributed by atoms with Gasteiger partial charge >= 0.3 is 5.97 Å². The highest BCUT2D eigenvalue weighted by Crippen LogP contribution is 2.40. The quantitative estimate of drug-likeness (QED) is 0.0971. The summed E-state index contributed by atoms with van der Waals surface area (Å²) in [4.78, 5) is 31.0. The number of allylic oxidation sites excluding steroid dienone is 12. The second-order valence-corrected chi connectivity index (χ2v) is 25.7. The molecule has 0 spiro atoms. The largest absolute Gasteiger partial charge is 0.462 e. The lowest BCUT2D eigenvalue weighted by Gasteiger charge is -2.48. The third-order valence-electron chi connectivity index (χ3n) is 18.2. The number of aliphatic hydroxyl groups is 17. The zero-order valence-corrected chi connectivity index (χ0v) is 53.4. The summed E-state index contributed by atoms with van der Waals surface area (Å²) in [6.45, 7) is 5.89. The fourth-order valence-corrected chi connectivity index (χ4v) is 12.2. The van der Waals surface area contributed by atoms with Crippen molar-refractivity contribution in [1.29, 1.82) is 0 Å². The van der Waals surface area contributed by atoms with Crippen LogP contribution in [0.15, 0.2) is 85.1 Å². The van der Waals surface area contributed by atoms with Gasteiger partial charge in [-0.25, -0.2) is 0 Å². The minimum Gasteiger partial charge on any atom is -0.462 e. The van der Waals surface area contributed by atoms with Crippen LogP contribution in [-0.4, -0.2) is 314 Å². The van der Waals surface area contributed by atoms with Gasteiger partial charge in [0, 0.05) is 63.7 Å². The van der Waals surface area contributed by atoms with Crippen LogP contribution in [0.5, 0.6) is 0 Å². The van der Waals surface area contributed by atoms with E-state index >= 15 is 0 Å². The summed E-state index contributed by atoms with van der Waals surface area (Å²) < 4.78 is 40.9. The van der Waals surface area contributed by atoms with Crippen molar-refractivity contribution in [3.63, 3.8) is 0 Å². The normalized spacial score (nSPS) is 46.6. The van der Waals surface area contributed by atoms with Gasteiger partial charge in [-0.2, -0.15) is 0 Å². The maximum absolute atomic E-state index is 14.6. The van der Waals surface area contributed by atoms with Crippen molar-refractivity contribution in [3.8, 4) is 0 Å². The standard InChI is InChI=1S/C64H103N3O26/c1-35-18-16-14-12-10-8-6-7-9-11-13-15-17-19-42(90-61-55(80)51(53(78)38(4)89-61)65-34-64(86)59(83)58(46(75)33-87-64)92-62-57(82)56(81)54(79)48(32-68)91-62)29-47-50(60(84)67-24-22-66(5)23-25-67)45(74)31-63(85,93-47)30-41(71)27-44(73)43(72)21-20-39(69)26-40(70)28-49(76)88-37(3)36(2)52(35)77/h6-19,35-48,50-59,61-62,65,68-75,77-83,85-86H,20-34H2,1-5H3/b7-6+,10-8+,11-9+,14-12+,15-13+,18-16+,19-17+/t35-,36-,37-,38+,39+,40+,41-,42-,43+,44+,45-,46+,47?,48+,50?,51-,52+,53+,54+,55-,56-,57+,58+,59-,61?,62?,63+,64+/m0/s1. The molecule has 0 radical (unpaired) electrons. The Kier molecular flexibility index (Phi) is 30.8. The van der Waals surface area contributed by atoms with Crippen LogP contribution < -0.4 is 5.32 Å². The molecule has 18 N–H and O–H groups in total. The molecule has 6 rings (SSSR count). The molecule has 5 saturated heterocycles. The number of carbonyl (C=O) groups is 2. The van der Waals surface area contributed by atoms with E-state index in [0.717, 1.165) is 0 Å². The molecule has 5 fully saturated rings. The Morgan fingerprint density at radius 1 is 0.613 bits per heavy atom. The lowest BCUT2D eigenvalue weighted by molar-refractivity contribution is -0.368. The van der Waals surface area contributed by atoms with E-state index in [4.69, 9.17) is 33.2 Å². The number of aliphatic hydroxyl groups excluding tert-OH is 15. The first-order valence-corrected chi connectivity index (χ1v) is 32.1. The first-order chi connectivity index (χ1) is 44.0. The van der Waals surface area contributed by atoms with E-state index in [1.165, 1.54) is 13.0 Å². The van der Waals surface area contributed by atoms with Crippen molar-refractivity contribution in [1.82, 2.24) is 15.1 Å². The molecular formula is C64H103N3O26. The first-order valence-electron chi connectivity index (χ1n) is 32.1. The van der Waals surface area contributed by atoms with Crippen LogP contribution in [0.3, 0.4) is 0 Å². The fraction of sp³-hybridized carbons (Fsp3) is 0.750. The van der Waals surface area contributed by atoms with Gasteiger partial charge in [0.1, 0.15) is 54.9 Å². The average Bonchev–Trinajstić information content (AvgIpc) is 0.788. The van der Waals surface area contributed by atoms with Gasteiger partial charge in [0.2, 0.25) is 11.7 Å². The maximum atomic E-state index is 14.6. The summed E-state index contributed by atoms with van der Waals surface area (Å²) in [5.41, 5.74) is 0. The molecule has 0 aromatic carbocycles.